The molecule has 1 fully saturated rings. The fourth-order valence-corrected chi connectivity index (χ4v) is 2.04. The van der Waals surface area contributed by atoms with Crippen molar-refractivity contribution in [1.29, 1.82) is 0 Å². The van der Waals surface area contributed by atoms with Crippen LogP contribution in [0.2, 0.25) is 0 Å². The second-order valence-electron chi connectivity index (χ2n) is 5.71. The lowest BCUT2D eigenvalue weighted by atomic mass is 9.93. The predicted octanol–water partition coefficient (Wildman–Crippen LogP) is -0.291. The molecule has 0 bridgehead atoms. The summed E-state index contributed by atoms with van der Waals surface area (Å²) in [5, 5.41) is 6.28. The Balaban J connectivity index is 1.97. The van der Waals surface area contributed by atoms with Gasteiger partial charge in [-0.3, -0.25) is 19.5 Å². The highest BCUT2D eigenvalue weighted by Crippen LogP contribution is 2.17. The average molecular weight is 252 g/mol. The summed E-state index contributed by atoms with van der Waals surface area (Å²) in [4.78, 5) is 28.8. The minimum atomic E-state index is -0.347. The Kier molecular flexibility index (Phi) is 3.28. The van der Waals surface area contributed by atoms with Crippen LogP contribution in [0, 0.1) is 5.41 Å². The van der Waals surface area contributed by atoms with Gasteiger partial charge in [0.15, 0.2) is 5.96 Å². The van der Waals surface area contributed by atoms with E-state index in [-0.39, 0.29) is 23.3 Å². The molecule has 0 spiro atoms. The maximum absolute atomic E-state index is 11.9. The minimum Gasteiger partial charge on any atom is -0.356 e. The molecule has 1 atom stereocenters. The lowest BCUT2D eigenvalue weighted by molar-refractivity contribution is -0.147. The van der Waals surface area contributed by atoms with E-state index in [2.05, 4.69) is 29.5 Å². The number of carbonyl (C=O) groups is 2. The van der Waals surface area contributed by atoms with Crippen molar-refractivity contribution >= 4 is 17.8 Å². The summed E-state index contributed by atoms with van der Waals surface area (Å²) in [6.45, 7) is 5.84. The second kappa shape index (κ2) is 4.59. The third-order valence-corrected chi connectivity index (χ3v) is 3.36. The van der Waals surface area contributed by atoms with E-state index in [1.807, 2.05) is 0 Å². The SMILES string of the molecule is CN1C(=O)CCC(NC2=NCC(C)(C)CN2)C1=O. The van der Waals surface area contributed by atoms with Gasteiger partial charge in [-0.1, -0.05) is 13.8 Å². The van der Waals surface area contributed by atoms with Gasteiger partial charge in [-0.2, -0.15) is 0 Å². The van der Waals surface area contributed by atoms with Crippen LogP contribution in [0.1, 0.15) is 26.7 Å². The fourth-order valence-electron chi connectivity index (χ4n) is 2.04. The summed E-state index contributed by atoms with van der Waals surface area (Å²) in [7, 11) is 1.53. The molecule has 1 saturated heterocycles. The number of hydrogen-bond donors (Lipinski definition) is 2. The molecule has 0 radical (unpaired) electrons. The zero-order valence-electron chi connectivity index (χ0n) is 11.1. The molecule has 2 aliphatic heterocycles. The monoisotopic (exact) mass is 252 g/mol. The molecule has 2 amide bonds. The molecule has 0 aliphatic carbocycles. The number of carbonyl (C=O) groups excluding carboxylic acids is 2. The van der Waals surface area contributed by atoms with Crippen LogP contribution in [0.25, 0.3) is 0 Å². The Labute approximate surface area is 107 Å². The molecule has 0 aromatic carbocycles. The van der Waals surface area contributed by atoms with E-state index >= 15 is 0 Å². The van der Waals surface area contributed by atoms with Crippen LogP contribution in [0.4, 0.5) is 0 Å². The zero-order valence-corrected chi connectivity index (χ0v) is 11.1. The van der Waals surface area contributed by atoms with Gasteiger partial charge in [0.25, 0.3) is 5.91 Å². The number of rotatable bonds is 1. The van der Waals surface area contributed by atoms with Crippen molar-refractivity contribution in [2.24, 2.45) is 10.4 Å². The van der Waals surface area contributed by atoms with E-state index in [9.17, 15) is 9.59 Å². The number of nitrogens with zero attached hydrogens (tertiary/aromatic N) is 2. The molecule has 6 heteroatoms. The van der Waals surface area contributed by atoms with Gasteiger partial charge in [0.1, 0.15) is 6.04 Å². The van der Waals surface area contributed by atoms with Gasteiger partial charge in [0.2, 0.25) is 5.91 Å². The topological polar surface area (TPSA) is 73.8 Å². The first-order valence-electron chi connectivity index (χ1n) is 6.24. The lowest BCUT2D eigenvalue weighted by Crippen LogP contribution is -2.57. The van der Waals surface area contributed by atoms with Crippen LogP contribution in [-0.4, -0.2) is 48.9 Å². The summed E-state index contributed by atoms with van der Waals surface area (Å²) in [5.74, 6) is 0.369. The number of aliphatic imine (C=N–C) groups is 1. The molecule has 18 heavy (non-hydrogen) atoms. The molecule has 0 aromatic heterocycles. The van der Waals surface area contributed by atoms with Gasteiger partial charge in [-0.15, -0.1) is 0 Å². The Bertz CT molecular complexity index is 403. The smallest absolute Gasteiger partial charge is 0.251 e. The number of piperidine rings is 1. The Morgan fingerprint density at radius 2 is 2.17 bits per heavy atom. The van der Waals surface area contributed by atoms with E-state index in [0.717, 1.165) is 13.1 Å². The number of amides is 2. The minimum absolute atomic E-state index is 0.113. The maximum atomic E-state index is 11.9. The molecule has 2 aliphatic rings. The van der Waals surface area contributed by atoms with E-state index in [0.29, 0.717) is 18.8 Å². The van der Waals surface area contributed by atoms with E-state index in [1.54, 1.807) is 0 Å². The molecule has 0 aromatic rings. The summed E-state index contributed by atoms with van der Waals surface area (Å²) in [6, 6.07) is -0.347. The summed E-state index contributed by atoms with van der Waals surface area (Å²) in [5.41, 5.74) is 0.147. The Morgan fingerprint density at radius 3 is 2.78 bits per heavy atom. The molecular weight excluding hydrogens is 232 g/mol. The number of likely N-dealkylation sites (N-methyl/N-ethyl adjacent to an activating group) is 1. The molecule has 1 unspecified atom stereocenters. The summed E-state index contributed by atoms with van der Waals surface area (Å²) in [6.07, 6.45) is 0.935. The first-order valence-corrected chi connectivity index (χ1v) is 6.24. The zero-order chi connectivity index (χ0) is 13.3. The van der Waals surface area contributed by atoms with Crippen molar-refractivity contribution in [3.05, 3.63) is 0 Å². The molecule has 2 N–H and O–H groups in total. The van der Waals surface area contributed by atoms with Crippen LogP contribution in [0.5, 0.6) is 0 Å². The van der Waals surface area contributed by atoms with Gasteiger partial charge in [0, 0.05) is 32.0 Å². The molecule has 2 rings (SSSR count). The van der Waals surface area contributed by atoms with Crippen molar-refractivity contribution in [2.75, 3.05) is 20.1 Å². The van der Waals surface area contributed by atoms with Crippen molar-refractivity contribution in [3.63, 3.8) is 0 Å². The lowest BCUT2D eigenvalue weighted by Gasteiger charge is -2.33. The molecule has 2 heterocycles. The largest absolute Gasteiger partial charge is 0.356 e. The second-order valence-corrected chi connectivity index (χ2v) is 5.71. The van der Waals surface area contributed by atoms with Crippen molar-refractivity contribution in [1.82, 2.24) is 15.5 Å². The molecule has 100 valence electrons. The van der Waals surface area contributed by atoms with Crippen LogP contribution >= 0.6 is 0 Å². The summed E-state index contributed by atoms with van der Waals surface area (Å²) < 4.78 is 0. The van der Waals surface area contributed by atoms with E-state index < -0.39 is 0 Å². The fraction of sp³-hybridized carbons (Fsp3) is 0.750. The van der Waals surface area contributed by atoms with Crippen molar-refractivity contribution in [3.8, 4) is 0 Å². The maximum Gasteiger partial charge on any atom is 0.251 e. The van der Waals surface area contributed by atoms with E-state index in [4.69, 9.17) is 0 Å². The molecule has 6 nitrogen and oxygen atoms in total. The Morgan fingerprint density at radius 1 is 1.44 bits per heavy atom. The number of guanidine groups is 1. The third kappa shape index (κ3) is 2.63. The quantitative estimate of drug-likeness (QED) is 0.629. The van der Waals surface area contributed by atoms with Crippen molar-refractivity contribution in [2.45, 2.75) is 32.7 Å². The third-order valence-electron chi connectivity index (χ3n) is 3.36. The van der Waals surface area contributed by atoms with Crippen LogP contribution in [0.15, 0.2) is 4.99 Å². The summed E-state index contributed by atoms with van der Waals surface area (Å²) >= 11 is 0. The average Bonchev–Trinajstić information content (AvgIpc) is 2.32. The highest BCUT2D eigenvalue weighted by molar-refractivity contribution is 6.01. The van der Waals surface area contributed by atoms with Crippen LogP contribution < -0.4 is 10.6 Å². The molecule has 0 saturated carbocycles. The van der Waals surface area contributed by atoms with Crippen LogP contribution in [0.3, 0.4) is 0 Å². The number of hydrogen-bond acceptors (Lipinski definition) is 5. The first kappa shape index (κ1) is 12.9. The normalized spacial score (nSPS) is 27.6. The standard InChI is InChI=1S/C12H20N4O2/c1-12(2)6-13-11(14-7-12)15-8-4-5-9(17)16(3)10(8)18/h8H,4-7H2,1-3H3,(H2,13,14,15). The van der Waals surface area contributed by atoms with Gasteiger partial charge in [-0.05, 0) is 6.42 Å². The predicted molar refractivity (Wildman–Crippen MR) is 68.0 cm³/mol. The highest BCUT2D eigenvalue weighted by Gasteiger charge is 2.33. The number of nitrogens with one attached hydrogen (secondary N) is 2. The van der Waals surface area contributed by atoms with Gasteiger partial charge in [0.05, 0.1) is 0 Å². The van der Waals surface area contributed by atoms with Gasteiger partial charge < -0.3 is 10.6 Å². The first-order chi connectivity index (χ1) is 8.39. The Hall–Kier alpha value is -1.59. The highest BCUT2D eigenvalue weighted by atomic mass is 16.2. The number of imide groups is 1. The van der Waals surface area contributed by atoms with E-state index in [1.165, 1.54) is 11.9 Å². The number of likely N-dealkylation sites (tertiary alicyclic amines) is 1. The van der Waals surface area contributed by atoms with Gasteiger partial charge >= 0.3 is 0 Å². The molecular formula is C12H20N4O2. The van der Waals surface area contributed by atoms with Crippen molar-refractivity contribution < 1.29 is 9.59 Å². The van der Waals surface area contributed by atoms with Crippen LogP contribution in [-0.2, 0) is 9.59 Å². The van der Waals surface area contributed by atoms with Gasteiger partial charge in [-0.25, -0.2) is 0 Å².